The third-order valence-electron chi connectivity index (χ3n) is 4.40. The van der Waals surface area contributed by atoms with Crippen LogP contribution in [0.25, 0.3) is 5.82 Å². The van der Waals surface area contributed by atoms with Gasteiger partial charge in [0.2, 0.25) is 0 Å². The van der Waals surface area contributed by atoms with E-state index in [0.717, 1.165) is 34.5 Å². The Hall–Kier alpha value is -2.62. The Bertz CT molecular complexity index is 992. The first-order valence-corrected chi connectivity index (χ1v) is 10.0. The molecule has 3 aromatic rings. The zero-order chi connectivity index (χ0) is 21.6. The van der Waals surface area contributed by atoms with Crippen LogP contribution in [0.4, 0.5) is 0 Å². The first kappa shape index (κ1) is 24.6. The number of hydrogen-bond donors (Lipinski definition) is 2. The van der Waals surface area contributed by atoms with Crippen molar-refractivity contribution in [2.45, 2.75) is 46.4 Å². The van der Waals surface area contributed by atoms with Crippen LogP contribution >= 0.6 is 24.0 Å². The van der Waals surface area contributed by atoms with Gasteiger partial charge < -0.3 is 15.4 Å². The van der Waals surface area contributed by atoms with Gasteiger partial charge in [-0.3, -0.25) is 9.56 Å². The van der Waals surface area contributed by atoms with Crippen LogP contribution < -0.4 is 15.4 Å². The molecular formula is C23H31IN6O. The minimum absolute atomic E-state index is 0. The van der Waals surface area contributed by atoms with E-state index in [-0.39, 0.29) is 29.6 Å². The summed E-state index contributed by atoms with van der Waals surface area (Å²) in [4.78, 5) is 13.1. The number of imidazole rings is 1. The van der Waals surface area contributed by atoms with E-state index in [1.54, 1.807) is 13.2 Å². The van der Waals surface area contributed by atoms with Crippen molar-refractivity contribution in [2.24, 2.45) is 4.99 Å². The van der Waals surface area contributed by atoms with Crippen molar-refractivity contribution in [1.82, 2.24) is 25.2 Å². The second-order valence-electron chi connectivity index (χ2n) is 7.97. The zero-order valence-corrected chi connectivity index (χ0v) is 21.0. The van der Waals surface area contributed by atoms with E-state index in [1.807, 2.05) is 68.9 Å². The number of rotatable bonds is 6. The van der Waals surface area contributed by atoms with Gasteiger partial charge >= 0.3 is 0 Å². The molecule has 2 aromatic heterocycles. The highest BCUT2D eigenvalue weighted by atomic mass is 127. The highest BCUT2D eigenvalue weighted by Crippen LogP contribution is 2.22. The van der Waals surface area contributed by atoms with Crippen LogP contribution in [0, 0.1) is 6.92 Å². The Morgan fingerprint density at radius 3 is 2.42 bits per heavy atom. The van der Waals surface area contributed by atoms with E-state index >= 15 is 0 Å². The molecule has 1 aromatic carbocycles. The Kier molecular flexibility index (Phi) is 8.85. The van der Waals surface area contributed by atoms with E-state index in [0.29, 0.717) is 13.1 Å². The van der Waals surface area contributed by atoms with Crippen molar-refractivity contribution < 1.29 is 4.74 Å². The second kappa shape index (κ2) is 11.1. The maximum absolute atomic E-state index is 6.06. The summed E-state index contributed by atoms with van der Waals surface area (Å²) in [6.07, 6.45) is 5.54. The summed E-state index contributed by atoms with van der Waals surface area (Å²) in [7, 11) is 1.76. The van der Waals surface area contributed by atoms with E-state index in [9.17, 15) is 0 Å². The Balaban J connectivity index is 0.00000341. The molecule has 166 valence electrons. The van der Waals surface area contributed by atoms with E-state index in [4.69, 9.17) is 4.74 Å². The number of nitrogens with zero attached hydrogens (tertiary/aromatic N) is 4. The number of aliphatic imine (C=N–C) groups is 1. The van der Waals surface area contributed by atoms with Gasteiger partial charge in [0.25, 0.3) is 0 Å². The fourth-order valence-electron chi connectivity index (χ4n) is 2.95. The van der Waals surface area contributed by atoms with Crippen LogP contribution in [-0.2, 0) is 13.1 Å². The SMILES string of the molecule is CN=C(NCc1ccc(-n2ccnc2C)nc1)NCc1ccccc1OC(C)(C)C.I. The lowest BCUT2D eigenvalue weighted by Gasteiger charge is -2.23. The minimum atomic E-state index is -0.246. The summed E-state index contributed by atoms with van der Waals surface area (Å²) >= 11 is 0. The highest BCUT2D eigenvalue weighted by molar-refractivity contribution is 14.0. The second-order valence-corrected chi connectivity index (χ2v) is 7.97. The lowest BCUT2D eigenvalue weighted by Crippen LogP contribution is -2.36. The molecule has 0 atom stereocenters. The van der Waals surface area contributed by atoms with Gasteiger partial charge in [-0.2, -0.15) is 0 Å². The van der Waals surface area contributed by atoms with Crippen LogP contribution in [0.2, 0.25) is 0 Å². The Morgan fingerprint density at radius 2 is 1.81 bits per heavy atom. The molecular weight excluding hydrogens is 503 g/mol. The lowest BCUT2D eigenvalue weighted by atomic mass is 10.1. The van der Waals surface area contributed by atoms with Crippen molar-refractivity contribution in [3.8, 4) is 11.6 Å². The number of ether oxygens (including phenoxy) is 1. The van der Waals surface area contributed by atoms with Crippen LogP contribution in [0.3, 0.4) is 0 Å². The molecule has 0 unspecified atom stereocenters. The molecule has 0 aliphatic carbocycles. The fraction of sp³-hybridized carbons (Fsp3) is 0.348. The Labute approximate surface area is 201 Å². The number of nitrogens with one attached hydrogen (secondary N) is 2. The summed E-state index contributed by atoms with van der Waals surface area (Å²) in [5.74, 6) is 3.36. The van der Waals surface area contributed by atoms with Crippen LogP contribution in [0.15, 0.2) is 60.0 Å². The standard InChI is InChI=1S/C23H30N6O.HI/c1-17-25-12-13-29(17)21-11-10-18(14-26-21)15-27-22(24-5)28-16-19-8-6-7-9-20(19)30-23(2,3)4;/h6-14H,15-16H2,1-5H3,(H2,24,27,28);1H. The molecule has 0 fully saturated rings. The predicted octanol–water partition coefficient (Wildman–Crippen LogP) is 4.24. The van der Waals surface area contributed by atoms with Gasteiger partial charge in [0.1, 0.15) is 23.0 Å². The van der Waals surface area contributed by atoms with Gasteiger partial charge in [0.15, 0.2) is 5.96 Å². The number of benzene rings is 1. The summed E-state index contributed by atoms with van der Waals surface area (Å²) in [5.41, 5.74) is 1.90. The van der Waals surface area contributed by atoms with Crippen molar-refractivity contribution in [3.63, 3.8) is 0 Å². The average molecular weight is 534 g/mol. The molecule has 0 aliphatic heterocycles. The molecule has 8 heteroatoms. The highest BCUT2D eigenvalue weighted by Gasteiger charge is 2.14. The third kappa shape index (κ3) is 7.23. The van der Waals surface area contributed by atoms with Crippen molar-refractivity contribution in [3.05, 3.63) is 71.9 Å². The first-order valence-electron chi connectivity index (χ1n) is 10.0. The zero-order valence-electron chi connectivity index (χ0n) is 18.7. The molecule has 3 rings (SSSR count). The summed E-state index contributed by atoms with van der Waals surface area (Å²) < 4.78 is 8.02. The fourth-order valence-corrected chi connectivity index (χ4v) is 2.95. The number of guanidine groups is 1. The minimum Gasteiger partial charge on any atom is -0.488 e. The molecule has 0 radical (unpaired) electrons. The first-order chi connectivity index (χ1) is 14.4. The molecule has 0 saturated heterocycles. The quantitative estimate of drug-likeness (QED) is 0.281. The van der Waals surface area contributed by atoms with Crippen molar-refractivity contribution in [2.75, 3.05) is 7.05 Å². The number of aryl methyl sites for hydroxylation is 1. The molecule has 0 bridgehead atoms. The normalized spacial score (nSPS) is 11.6. The maximum Gasteiger partial charge on any atom is 0.191 e. The van der Waals surface area contributed by atoms with E-state index in [1.165, 1.54) is 0 Å². The molecule has 31 heavy (non-hydrogen) atoms. The lowest BCUT2D eigenvalue weighted by molar-refractivity contribution is 0.129. The van der Waals surface area contributed by atoms with Crippen LogP contribution in [-0.4, -0.2) is 33.1 Å². The van der Waals surface area contributed by atoms with Crippen LogP contribution in [0.1, 0.15) is 37.7 Å². The smallest absolute Gasteiger partial charge is 0.191 e. The molecule has 7 nitrogen and oxygen atoms in total. The molecule has 0 aliphatic rings. The molecule has 2 heterocycles. The molecule has 0 saturated carbocycles. The van der Waals surface area contributed by atoms with Crippen molar-refractivity contribution >= 4 is 29.9 Å². The van der Waals surface area contributed by atoms with Gasteiger partial charge in [-0.05, 0) is 45.4 Å². The maximum atomic E-state index is 6.06. The van der Waals surface area contributed by atoms with Gasteiger partial charge in [-0.25, -0.2) is 9.97 Å². The molecule has 0 spiro atoms. The number of pyridine rings is 1. The number of hydrogen-bond acceptors (Lipinski definition) is 4. The van der Waals surface area contributed by atoms with Gasteiger partial charge in [0, 0.05) is 44.3 Å². The predicted molar refractivity (Wildman–Crippen MR) is 135 cm³/mol. The van der Waals surface area contributed by atoms with Gasteiger partial charge in [0.05, 0.1) is 0 Å². The van der Waals surface area contributed by atoms with Gasteiger partial charge in [-0.1, -0.05) is 24.3 Å². The summed E-state index contributed by atoms with van der Waals surface area (Å²) in [6, 6.07) is 12.1. The monoisotopic (exact) mass is 534 g/mol. The van der Waals surface area contributed by atoms with Gasteiger partial charge in [-0.15, -0.1) is 24.0 Å². The largest absolute Gasteiger partial charge is 0.488 e. The average Bonchev–Trinajstić information content (AvgIpc) is 3.14. The van der Waals surface area contributed by atoms with E-state index < -0.39 is 0 Å². The number of para-hydroxylation sites is 1. The van der Waals surface area contributed by atoms with Crippen LogP contribution in [0.5, 0.6) is 5.75 Å². The van der Waals surface area contributed by atoms with E-state index in [2.05, 4.69) is 37.7 Å². The molecule has 0 amide bonds. The topological polar surface area (TPSA) is 76.4 Å². The summed E-state index contributed by atoms with van der Waals surface area (Å²) in [5, 5.41) is 6.68. The number of halogens is 1. The van der Waals surface area contributed by atoms with Crippen molar-refractivity contribution in [1.29, 1.82) is 0 Å². The third-order valence-corrected chi connectivity index (χ3v) is 4.40. The Morgan fingerprint density at radius 1 is 1.06 bits per heavy atom. The summed E-state index contributed by atoms with van der Waals surface area (Å²) in [6.45, 7) is 9.33. The number of aromatic nitrogens is 3. The molecule has 2 N–H and O–H groups in total.